The third-order valence-electron chi connectivity index (χ3n) is 2.97. The Hall–Kier alpha value is -2.11. The highest BCUT2D eigenvalue weighted by Gasteiger charge is 2.13. The van der Waals surface area contributed by atoms with Crippen LogP contribution in [0.25, 0.3) is 10.9 Å². The van der Waals surface area contributed by atoms with Crippen molar-refractivity contribution in [1.82, 2.24) is 9.97 Å². The van der Waals surface area contributed by atoms with E-state index in [2.05, 4.69) is 15.3 Å². The molecule has 1 heterocycles. The molecule has 3 N–H and O–H groups in total. The Bertz CT molecular complexity index is 839. The Balaban J connectivity index is 2.17. The molecule has 0 atom stereocenters. The van der Waals surface area contributed by atoms with Crippen LogP contribution >= 0.6 is 23.2 Å². The third-order valence-corrected chi connectivity index (χ3v) is 3.67. The molecule has 3 aromatic rings. The lowest BCUT2D eigenvalue weighted by Gasteiger charge is -2.11. The largest absolute Gasteiger partial charge is 0.398 e. The summed E-state index contributed by atoms with van der Waals surface area (Å²) >= 11 is 12.0. The Morgan fingerprint density at radius 3 is 2.71 bits per heavy atom. The maximum Gasteiger partial charge on any atom is 0.165 e. The summed E-state index contributed by atoms with van der Waals surface area (Å²) in [6.07, 6.45) is 1.36. The number of halogens is 3. The molecule has 0 saturated heterocycles. The van der Waals surface area contributed by atoms with Crippen LogP contribution in [0.4, 0.5) is 21.6 Å². The maximum atomic E-state index is 14.0. The summed E-state index contributed by atoms with van der Waals surface area (Å²) in [5, 5.41) is 3.74. The van der Waals surface area contributed by atoms with Crippen molar-refractivity contribution in [3.05, 3.63) is 52.5 Å². The standard InChI is InChI=1S/C14H9Cl2FN4/c15-7-2-1-3-10(13(7)17)21-14-11-9(19-6-20-14)5-4-8(18)12(11)16/h1-6H,18H2,(H,19,20,21). The van der Waals surface area contributed by atoms with E-state index >= 15 is 0 Å². The molecular weight excluding hydrogens is 314 g/mol. The summed E-state index contributed by atoms with van der Waals surface area (Å²) in [6.45, 7) is 0. The molecule has 0 unspecified atom stereocenters. The van der Waals surface area contributed by atoms with Crippen molar-refractivity contribution in [2.24, 2.45) is 0 Å². The van der Waals surface area contributed by atoms with E-state index in [4.69, 9.17) is 28.9 Å². The Morgan fingerprint density at radius 2 is 1.90 bits per heavy atom. The van der Waals surface area contributed by atoms with Crippen molar-refractivity contribution in [1.29, 1.82) is 0 Å². The SMILES string of the molecule is Nc1ccc2ncnc(Nc3cccc(Cl)c3F)c2c1Cl. The molecule has 0 amide bonds. The van der Waals surface area contributed by atoms with Crippen molar-refractivity contribution in [3.8, 4) is 0 Å². The predicted molar refractivity (Wildman–Crippen MR) is 83.7 cm³/mol. The van der Waals surface area contributed by atoms with Crippen LogP contribution in [0, 0.1) is 5.82 Å². The minimum Gasteiger partial charge on any atom is -0.398 e. The number of hydrogen-bond acceptors (Lipinski definition) is 4. The molecule has 3 rings (SSSR count). The monoisotopic (exact) mass is 322 g/mol. The fraction of sp³-hybridized carbons (Fsp3) is 0. The topological polar surface area (TPSA) is 63.8 Å². The van der Waals surface area contributed by atoms with E-state index in [1.54, 1.807) is 24.3 Å². The summed E-state index contributed by atoms with van der Waals surface area (Å²) < 4.78 is 14.0. The van der Waals surface area contributed by atoms with E-state index in [9.17, 15) is 4.39 Å². The third kappa shape index (κ3) is 2.46. The lowest BCUT2D eigenvalue weighted by atomic mass is 10.2. The molecule has 0 aliphatic carbocycles. The molecule has 21 heavy (non-hydrogen) atoms. The van der Waals surface area contributed by atoms with Gasteiger partial charge in [0.05, 0.1) is 32.3 Å². The van der Waals surface area contributed by atoms with Crippen molar-refractivity contribution in [3.63, 3.8) is 0 Å². The molecule has 2 aromatic carbocycles. The summed E-state index contributed by atoms with van der Waals surface area (Å²) in [4.78, 5) is 8.22. The van der Waals surface area contributed by atoms with Crippen LogP contribution in [0.15, 0.2) is 36.7 Å². The van der Waals surface area contributed by atoms with Gasteiger partial charge in [0.2, 0.25) is 0 Å². The van der Waals surface area contributed by atoms with E-state index in [0.717, 1.165) is 0 Å². The highest BCUT2D eigenvalue weighted by Crippen LogP contribution is 2.34. The highest BCUT2D eigenvalue weighted by atomic mass is 35.5. The average molecular weight is 323 g/mol. The van der Waals surface area contributed by atoms with Crippen LogP contribution in [0.2, 0.25) is 10.0 Å². The number of rotatable bonds is 2. The second-order valence-electron chi connectivity index (χ2n) is 4.31. The molecule has 7 heteroatoms. The zero-order chi connectivity index (χ0) is 15.0. The summed E-state index contributed by atoms with van der Waals surface area (Å²) in [5.74, 6) is -0.204. The van der Waals surface area contributed by atoms with Crippen LogP contribution in [-0.2, 0) is 0 Å². The summed E-state index contributed by atoms with van der Waals surface area (Å²) in [6, 6.07) is 8.02. The van der Waals surface area contributed by atoms with Gasteiger partial charge in [0.15, 0.2) is 5.82 Å². The van der Waals surface area contributed by atoms with Gasteiger partial charge in [-0.15, -0.1) is 0 Å². The van der Waals surface area contributed by atoms with Gasteiger partial charge in [0.25, 0.3) is 0 Å². The number of anilines is 3. The highest BCUT2D eigenvalue weighted by molar-refractivity contribution is 6.39. The zero-order valence-corrected chi connectivity index (χ0v) is 12.1. The van der Waals surface area contributed by atoms with E-state index in [1.165, 1.54) is 12.4 Å². The van der Waals surface area contributed by atoms with Crippen LogP contribution in [0.1, 0.15) is 0 Å². The van der Waals surface area contributed by atoms with Crippen LogP contribution in [0.5, 0.6) is 0 Å². The number of fused-ring (bicyclic) bond motifs is 1. The molecule has 0 saturated carbocycles. The first-order valence-corrected chi connectivity index (χ1v) is 6.73. The number of hydrogen-bond donors (Lipinski definition) is 2. The number of nitrogen functional groups attached to an aromatic ring is 1. The van der Waals surface area contributed by atoms with Crippen molar-refractivity contribution < 1.29 is 4.39 Å². The minimum atomic E-state index is -0.564. The molecular formula is C14H9Cl2FN4. The second-order valence-corrected chi connectivity index (χ2v) is 5.10. The van der Waals surface area contributed by atoms with Gasteiger partial charge in [-0.1, -0.05) is 29.3 Å². The quantitative estimate of drug-likeness (QED) is 0.686. The molecule has 0 radical (unpaired) electrons. The first kappa shape index (κ1) is 13.9. The molecule has 4 nitrogen and oxygen atoms in total. The van der Waals surface area contributed by atoms with Gasteiger partial charge in [-0.05, 0) is 24.3 Å². The fourth-order valence-electron chi connectivity index (χ4n) is 1.95. The zero-order valence-electron chi connectivity index (χ0n) is 10.6. The average Bonchev–Trinajstić information content (AvgIpc) is 2.48. The van der Waals surface area contributed by atoms with Gasteiger partial charge >= 0.3 is 0 Å². The smallest absolute Gasteiger partial charge is 0.165 e. The van der Waals surface area contributed by atoms with Crippen LogP contribution in [0.3, 0.4) is 0 Å². The molecule has 0 fully saturated rings. The van der Waals surface area contributed by atoms with E-state index in [1.807, 2.05) is 0 Å². The molecule has 0 aliphatic rings. The summed E-state index contributed by atoms with van der Waals surface area (Å²) in [7, 11) is 0. The lowest BCUT2D eigenvalue weighted by Crippen LogP contribution is -2.00. The van der Waals surface area contributed by atoms with Gasteiger partial charge in [-0.2, -0.15) is 0 Å². The van der Waals surface area contributed by atoms with Crippen molar-refractivity contribution >= 4 is 51.3 Å². The van der Waals surface area contributed by atoms with Gasteiger partial charge in [-0.25, -0.2) is 14.4 Å². The molecule has 0 aliphatic heterocycles. The number of nitrogens with two attached hydrogens (primary N) is 1. The lowest BCUT2D eigenvalue weighted by molar-refractivity contribution is 0.632. The Kier molecular flexibility index (Phi) is 3.53. The molecule has 1 aromatic heterocycles. The number of benzene rings is 2. The van der Waals surface area contributed by atoms with Gasteiger partial charge < -0.3 is 11.1 Å². The first-order valence-electron chi connectivity index (χ1n) is 5.97. The van der Waals surface area contributed by atoms with E-state index < -0.39 is 5.82 Å². The van der Waals surface area contributed by atoms with Crippen LogP contribution < -0.4 is 11.1 Å². The predicted octanol–water partition coefficient (Wildman–Crippen LogP) is 4.40. The second kappa shape index (κ2) is 5.35. The van der Waals surface area contributed by atoms with Gasteiger partial charge in [0.1, 0.15) is 12.1 Å². The van der Waals surface area contributed by atoms with Gasteiger partial charge in [-0.3, -0.25) is 0 Å². The number of aromatic nitrogens is 2. The Morgan fingerprint density at radius 1 is 1.10 bits per heavy atom. The summed E-state index contributed by atoms with van der Waals surface area (Å²) in [5.41, 5.74) is 6.99. The molecule has 106 valence electrons. The van der Waals surface area contributed by atoms with Crippen LogP contribution in [-0.4, -0.2) is 9.97 Å². The van der Waals surface area contributed by atoms with Gasteiger partial charge in [0, 0.05) is 0 Å². The fourth-order valence-corrected chi connectivity index (χ4v) is 2.37. The molecule has 0 spiro atoms. The first-order chi connectivity index (χ1) is 10.1. The van der Waals surface area contributed by atoms with E-state index in [-0.39, 0.29) is 10.7 Å². The van der Waals surface area contributed by atoms with Crippen molar-refractivity contribution in [2.75, 3.05) is 11.1 Å². The minimum absolute atomic E-state index is 0.0176. The number of nitrogens with one attached hydrogen (secondary N) is 1. The van der Waals surface area contributed by atoms with E-state index in [0.29, 0.717) is 27.4 Å². The van der Waals surface area contributed by atoms with Crippen molar-refractivity contribution in [2.45, 2.75) is 0 Å². The molecule has 0 bridgehead atoms. The maximum absolute atomic E-state index is 14.0. The Labute approximate surface area is 129 Å². The normalized spacial score (nSPS) is 10.8. The number of nitrogens with zero attached hydrogens (tertiary/aromatic N) is 2.